The van der Waals surface area contributed by atoms with Crippen molar-refractivity contribution in [2.24, 2.45) is 0 Å². The van der Waals surface area contributed by atoms with E-state index >= 15 is 0 Å². The maximum absolute atomic E-state index is 12.2. The quantitative estimate of drug-likeness (QED) is 0.697. The molecule has 0 unspecified atom stereocenters. The summed E-state index contributed by atoms with van der Waals surface area (Å²) in [6.45, 7) is 0.707. The molecule has 0 fully saturated rings. The summed E-state index contributed by atoms with van der Waals surface area (Å²) in [4.78, 5) is 24.1. The van der Waals surface area contributed by atoms with Crippen LogP contribution >= 0.6 is 11.3 Å². The van der Waals surface area contributed by atoms with Gasteiger partial charge in [0.25, 0.3) is 0 Å². The number of hydrogen-bond donors (Lipinski definition) is 2. The van der Waals surface area contributed by atoms with Gasteiger partial charge in [0.2, 0.25) is 0 Å². The number of amides is 2. The van der Waals surface area contributed by atoms with E-state index in [9.17, 15) is 9.59 Å². The molecule has 0 bridgehead atoms. The van der Waals surface area contributed by atoms with Crippen LogP contribution in [0.4, 0.5) is 15.5 Å². The first-order chi connectivity index (χ1) is 12.2. The topological polar surface area (TPSA) is 103 Å². The molecule has 0 radical (unpaired) electrons. The standard InChI is InChI=1S/C15H16N6O3S/c1-24-9-8-20-15(23)21(19-18-20)12-6-4-11(5-7-12)16-14(22)17-13-3-2-10-25-13/h2-7,10H,8-9H2,1H3,(H2,16,17,22). The van der Waals surface area contributed by atoms with Crippen LogP contribution in [0.1, 0.15) is 0 Å². The van der Waals surface area contributed by atoms with Crippen LogP contribution in [0.15, 0.2) is 46.6 Å². The number of nitrogens with one attached hydrogen (secondary N) is 2. The van der Waals surface area contributed by atoms with Crippen molar-refractivity contribution in [3.8, 4) is 5.69 Å². The predicted octanol–water partition coefficient (Wildman–Crippen LogP) is 1.78. The fourth-order valence-electron chi connectivity index (χ4n) is 2.06. The van der Waals surface area contributed by atoms with Crippen molar-refractivity contribution in [1.82, 2.24) is 19.8 Å². The van der Waals surface area contributed by atoms with E-state index in [1.165, 1.54) is 20.7 Å². The molecule has 9 nitrogen and oxygen atoms in total. The monoisotopic (exact) mass is 360 g/mol. The van der Waals surface area contributed by atoms with Gasteiger partial charge in [0.15, 0.2) is 0 Å². The molecule has 2 amide bonds. The van der Waals surface area contributed by atoms with Gasteiger partial charge in [-0.15, -0.1) is 11.3 Å². The van der Waals surface area contributed by atoms with Gasteiger partial charge < -0.3 is 10.1 Å². The van der Waals surface area contributed by atoms with Crippen molar-refractivity contribution in [2.75, 3.05) is 24.4 Å². The molecular weight excluding hydrogens is 344 g/mol. The number of ether oxygens (including phenoxy) is 1. The number of rotatable bonds is 6. The highest BCUT2D eigenvalue weighted by Gasteiger charge is 2.09. The highest BCUT2D eigenvalue weighted by molar-refractivity contribution is 7.14. The minimum atomic E-state index is -0.354. The van der Waals surface area contributed by atoms with Crippen LogP contribution in [-0.2, 0) is 11.3 Å². The Morgan fingerprint density at radius 3 is 2.68 bits per heavy atom. The number of thiophene rings is 1. The minimum absolute atomic E-state index is 0.331. The van der Waals surface area contributed by atoms with E-state index in [1.807, 2.05) is 17.5 Å². The van der Waals surface area contributed by atoms with Gasteiger partial charge in [0.05, 0.1) is 23.8 Å². The highest BCUT2D eigenvalue weighted by Crippen LogP contribution is 2.16. The minimum Gasteiger partial charge on any atom is -0.383 e. The third-order valence-corrected chi connectivity index (χ3v) is 4.06. The zero-order valence-electron chi connectivity index (χ0n) is 13.4. The number of nitrogens with zero attached hydrogens (tertiary/aromatic N) is 4. The van der Waals surface area contributed by atoms with Crippen LogP contribution < -0.4 is 16.3 Å². The third kappa shape index (κ3) is 4.11. The molecule has 2 aromatic heterocycles. The molecule has 0 spiro atoms. The molecule has 0 aliphatic heterocycles. The van der Waals surface area contributed by atoms with Gasteiger partial charge in [0, 0.05) is 12.8 Å². The number of carbonyl (C=O) groups is 1. The maximum atomic E-state index is 12.2. The van der Waals surface area contributed by atoms with Crippen molar-refractivity contribution in [1.29, 1.82) is 0 Å². The molecule has 25 heavy (non-hydrogen) atoms. The van der Waals surface area contributed by atoms with E-state index in [0.29, 0.717) is 24.5 Å². The van der Waals surface area contributed by atoms with E-state index in [0.717, 1.165) is 5.00 Å². The van der Waals surface area contributed by atoms with Crippen LogP contribution in [0.2, 0.25) is 0 Å². The average molecular weight is 360 g/mol. The lowest BCUT2D eigenvalue weighted by atomic mass is 10.3. The Morgan fingerprint density at radius 2 is 2.00 bits per heavy atom. The van der Waals surface area contributed by atoms with Crippen molar-refractivity contribution in [3.63, 3.8) is 0 Å². The zero-order chi connectivity index (χ0) is 17.6. The summed E-state index contributed by atoms with van der Waals surface area (Å²) in [6, 6.07) is 10.1. The van der Waals surface area contributed by atoms with Crippen molar-refractivity contribution in [2.45, 2.75) is 6.54 Å². The molecule has 3 aromatic rings. The molecule has 0 saturated carbocycles. The average Bonchev–Trinajstić information content (AvgIpc) is 3.24. The van der Waals surface area contributed by atoms with Crippen LogP contribution in [-0.4, -0.2) is 39.5 Å². The van der Waals surface area contributed by atoms with Gasteiger partial charge in [-0.1, -0.05) is 0 Å². The molecular formula is C15H16N6O3S. The number of urea groups is 1. The number of carbonyl (C=O) groups excluding carboxylic acids is 1. The maximum Gasteiger partial charge on any atom is 0.368 e. The van der Waals surface area contributed by atoms with E-state index in [4.69, 9.17) is 4.74 Å². The zero-order valence-corrected chi connectivity index (χ0v) is 14.2. The number of methoxy groups -OCH3 is 1. The first-order valence-electron chi connectivity index (χ1n) is 7.41. The summed E-state index contributed by atoms with van der Waals surface area (Å²) < 4.78 is 7.34. The van der Waals surface area contributed by atoms with Gasteiger partial charge in [-0.2, -0.15) is 9.36 Å². The Morgan fingerprint density at radius 1 is 1.20 bits per heavy atom. The smallest absolute Gasteiger partial charge is 0.368 e. The second kappa shape index (κ2) is 7.73. The van der Waals surface area contributed by atoms with Gasteiger partial charge in [-0.05, 0) is 52.2 Å². The molecule has 10 heteroatoms. The van der Waals surface area contributed by atoms with Crippen LogP contribution in [0.25, 0.3) is 5.69 Å². The van der Waals surface area contributed by atoms with Gasteiger partial charge in [-0.3, -0.25) is 5.32 Å². The Kier molecular flexibility index (Phi) is 5.21. The van der Waals surface area contributed by atoms with E-state index in [2.05, 4.69) is 21.1 Å². The van der Waals surface area contributed by atoms with Gasteiger partial charge >= 0.3 is 11.7 Å². The molecule has 0 aliphatic carbocycles. The lowest BCUT2D eigenvalue weighted by Gasteiger charge is -2.06. The van der Waals surface area contributed by atoms with Crippen LogP contribution in [0.5, 0.6) is 0 Å². The predicted molar refractivity (Wildman–Crippen MR) is 94.5 cm³/mol. The Hall–Kier alpha value is -2.98. The third-order valence-electron chi connectivity index (χ3n) is 3.27. The molecule has 3 rings (SSSR count). The van der Waals surface area contributed by atoms with Crippen molar-refractivity contribution >= 4 is 28.1 Å². The molecule has 2 heterocycles. The lowest BCUT2D eigenvalue weighted by Crippen LogP contribution is -2.25. The van der Waals surface area contributed by atoms with Crippen molar-refractivity contribution in [3.05, 3.63) is 52.3 Å². The molecule has 1 aromatic carbocycles. The van der Waals surface area contributed by atoms with Crippen molar-refractivity contribution < 1.29 is 9.53 Å². The summed E-state index contributed by atoms with van der Waals surface area (Å²) in [6.07, 6.45) is 0. The molecule has 0 saturated heterocycles. The molecule has 130 valence electrons. The largest absolute Gasteiger partial charge is 0.383 e. The van der Waals surface area contributed by atoms with E-state index < -0.39 is 0 Å². The highest BCUT2D eigenvalue weighted by atomic mass is 32.1. The molecule has 0 atom stereocenters. The second-order valence-corrected chi connectivity index (χ2v) is 5.94. The van der Waals surface area contributed by atoms with Crippen LogP contribution in [0, 0.1) is 0 Å². The lowest BCUT2D eigenvalue weighted by molar-refractivity contribution is 0.181. The summed E-state index contributed by atoms with van der Waals surface area (Å²) in [5.74, 6) is 0. The van der Waals surface area contributed by atoms with Gasteiger partial charge in [0.1, 0.15) is 0 Å². The summed E-state index contributed by atoms with van der Waals surface area (Å²) in [5.41, 5.74) is 0.795. The SMILES string of the molecule is COCCn1nnn(-c2ccc(NC(=O)Nc3cccs3)cc2)c1=O. The molecule has 2 N–H and O–H groups in total. The number of anilines is 2. The van der Waals surface area contributed by atoms with E-state index in [1.54, 1.807) is 31.4 Å². The fraction of sp³-hybridized carbons (Fsp3) is 0.200. The Labute approximate surface area is 146 Å². The first-order valence-corrected chi connectivity index (χ1v) is 8.29. The number of tetrazole rings is 1. The summed E-state index contributed by atoms with van der Waals surface area (Å²) in [5, 5.41) is 15.7. The Bertz CT molecular complexity index is 885. The number of aromatic nitrogens is 4. The fourth-order valence-corrected chi connectivity index (χ4v) is 2.68. The number of benzene rings is 1. The number of hydrogen-bond acceptors (Lipinski definition) is 6. The van der Waals surface area contributed by atoms with Gasteiger partial charge in [-0.25, -0.2) is 9.59 Å². The van der Waals surface area contributed by atoms with Crippen LogP contribution in [0.3, 0.4) is 0 Å². The first kappa shape index (κ1) is 16.9. The van der Waals surface area contributed by atoms with E-state index in [-0.39, 0.29) is 11.7 Å². The Balaban J connectivity index is 1.67. The summed E-state index contributed by atoms with van der Waals surface area (Å²) in [7, 11) is 1.55. The molecule has 0 aliphatic rings. The normalized spacial score (nSPS) is 10.6. The second-order valence-electron chi connectivity index (χ2n) is 4.99. The summed E-state index contributed by atoms with van der Waals surface area (Å²) >= 11 is 1.43.